The third-order valence-electron chi connectivity index (χ3n) is 3.35. The van der Waals surface area contributed by atoms with E-state index in [0.29, 0.717) is 5.56 Å². The van der Waals surface area contributed by atoms with Gasteiger partial charge in [0.05, 0.1) is 11.9 Å². The first kappa shape index (κ1) is 13.4. The highest BCUT2D eigenvalue weighted by molar-refractivity contribution is 5.44. The van der Waals surface area contributed by atoms with E-state index in [1.807, 2.05) is 37.1 Å². The minimum absolute atomic E-state index is 0.262. The van der Waals surface area contributed by atoms with Crippen LogP contribution in [0, 0.1) is 5.82 Å². The van der Waals surface area contributed by atoms with E-state index >= 15 is 0 Å². The molecule has 0 aliphatic rings. The SMILES string of the molecule is Cn1cc(NC(c2ccccc2F)c2nccn2C)cn1. The lowest BCUT2D eigenvalue weighted by Crippen LogP contribution is -2.17. The van der Waals surface area contributed by atoms with Gasteiger partial charge in [-0.1, -0.05) is 18.2 Å². The molecule has 0 amide bonds. The zero-order chi connectivity index (χ0) is 14.8. The number of rotatable bonds is 4. The zero-order valence-electron chi connectivity index (χ0n) is 11.9. The average Bonchev–Trinajstić information content (AvgIpc) is 3.06. The number of nitrogens with one attached hydrogen (secondary N) is 1. The van der Waals surface area contributed by atoms with Crippen LogP contribution in [0.5, 0.6) is 0 Å². The van der Waals surface area contributed by atoms with Crippen molar-refractivity contribution in [3.63, 3.8) is 0 Å². The van der Waals surface area contributed by atoms with Gasteiger partial charge in [0, 0.05) is 38.2 Å². The van der Waals surface area contributed by atoms with Gasteiger partial charge < -0.3 is 9.88 Å². The van der Waals surface area contributed by atoms with Crippen molar-refractivity contribution in [3.05, 3.63) is 66.3 Å². The first-order valence-corrected chi connectivity index (χ1v) is 6.62. The smallest absolute Gasteiger partial charge is 0.135 e. The van der Waals surface area contributed by atoms with Crippen LogP contribution in [0.1, 0.15) is 17.4 Å². The highest BCUT2D eigenvalue weighted by atomic mass is 19.1. The Hall–Kier alpha value is -2.63. The number of aromatic nitrogens is 4. The van der Waals surface area contributed by atoms with Crippen LogP contribution in [0.25, 0.3) is 0 Å². The summed E-state index contributed by atoms with van der Waals surface area (Å²) < 4.78 is 17.7. The minimum Gasteiger partial charge on any atom is -0.369 e. The predicted octanol–water partition coefficient (Wildman–Crippen LogP) is 2.49. The standard InChI is InChI=1S/C15H16FN5/c1-20-8-7-17-15(20)14(12-5-3-4-6-13(12)16)19-11-9-18-21(2)10-11/h3-10,14,19H,1-2H3. The predicted molar refractivity (Wildman–Crippen MR) is 78.3 cm³/mol. The normalized spacial score (nSPS) is 12.3. The first-order valence-electron chi connectivity index (χ1n) is 6.62. The lowest BCUT2D eigenvalue weighted by Gasteiger charge is -2.19. The van der Waals surface area contributed by atoms with Crippen LogP contribution >= 0.6 is 0 Å². The van der Waals surface area contributed by atoms with Gasteiger partial charge in [-0.25, -0.2) is 9.37 Å². The Bertz CT molecular complexity index is 746. The van der Waals surface area contributed by atoms with Gasteiger partial charge in [0.25, 0.3) is 0 Å². The minimum atomic E-state index is -0.379. The fraction of sp³-hybridized carbons (Fsp3) is 0.200. The number of hydrogen-bond donors (Lipinski definition) is 1. The average molecular weight is 285 g/mol. The van der Waals surface area contributed by atoms with Crippen molar-refractivity contribution in [2.24, 2.45) is 14.1 Å². The zero-order valence-corrected chi connectivity index (χ0v) is 11.9. The van der Waals surface area contributed by atoms with Crippen molar-refractivity contribution < 1.29 is 4.39 Å². The molecule has 3 rings (SSSR count). The van der Waals surface area contributed by atoms with Gasteiger partial charge in [0.2, 0.25) is 0 Å². The van der Waals surface area contributed by atoms with Crippen LogP contribution < -0.4 is 5.32 Å². The van der Waals surface area contributed by atoms with E-state index in [4.69, 9.17) is 0 Å². The lowest BCUT2D eigenvalue weighted by molar-refractivity contribution is 0.596. The van der Waals surface area contributed by atoms with E-state index in [2.05, 4.69) is 15.4 Å². The molecule has 5 nitrogen and oxygen atoms in total. The molecule has 0 saturated carbocycles. The summed E-state index contributed by atoms with van der Waals surface area (Å²) >= 11 is 0. The van der Waals surface area contributed by atoms with Crippen molar-refractivity contribution in [3.8, 4) is 0 Å². The van der Waals surface area contributed by atoms with Gasteiger partial charge in [-0.2, -0.15) is 5.10 Å². The maximum absolute atomic E-state index is 14.2. The Morgan fingerprint density at radius 2 is 2.05 bits per heavy atom. The summed E-state index contributed by atoms with van der Waals surface area (Å²) in [5.41, 5.74) is 1.37. The monoisotopic (exact) mass is 285 g/mol. The molecule has 0 fully saturated rings. The second-order valence-electron chi connectivity index (χ2n) is 4.90. The molecule has 21 heavy (non-hydrogen) atoms. The quantitative estimate of drug-likeness (QED) is 0.801. The van der Waals surface area contributed by atoms with Crippen molar-refractivity contribution in [1.82, 2.24) is 19.3 Å². The van der Waals surface area contributed by atoms with E-state index in [9.17, 15) is 4.39 Å². The molecule has 1 unspecified atom stereocenters. The molecule has 1 aromatic carbocycles. The summed E-state index contributed by atoms with van der Waals surface area (Å²) in [4.78, 5) is 4.34. The number of imidazole rings is 1. The van der Waals surface area contributed by atoms with E-state index in [-0.39, 0.29) is 11.9 Å². The van der Waals surface area contributed by atoms with Gasteiger partial charge in [-0.05, 0) is 6.07 Å². The van der Waals surface area contributed by atoms with Gasteiger partial charge in [0.15, 0.2) is 0 Å². The molecule has 108 valence electrons. The number of nitrogens with zero attached hydrogens (tertiary/aromatic N) is 4. The summed E-state index contributed by atoms with van der Waals surface area (Å²) in [6, 6.07) is 6.33. The molecule has 1 N–H and O–H groups in total. The van der Waals surface area contributed by atoms with E-state index in [1.54, 1.807) is 29.2 Å². The Morgan fingerprint density at radius 1 is 1.24 bits per heavy atom. The van der Waals surface area contributed by atoms with E-state index in [1.165, 1.54) is 6.07 Å². The first-order chi connectivity index (χ1) is 10.1. The maximum Gasteiger partial charge on any atom is 0.135 e. The molecule has 0 saturated heterocycles. The van der Waals surface area contributed by atoms with Crippen molar-refractivity contribution in [1.29, 1.82) is 0 Å². The van der Waals surface area contributed by atoms with E-state index < -0.39 is 0 Å². The molecule has 3 aromatic rings. The molecule has 6 heteroatoms. The topological polar surface area (TPSA) is 47.7 Å². The van der Waals surface area contributed by atoms with Crippen LogP contribution in [-0.2, 0) is 14.1 Å². The lowest BCUT2D eigenvalue weighted by atomic mass is 10.1. The number of hydrogen-bond acceptors (Lipinski definition) is 3. The Labute approximate surface area is 122 Å². The summed E-state index contributed by atoms with van der Waals surface area (Å²) in [6.45, 7) is 0. The number of halogens is 1. The second-order valence-corrected chi connectivity index (χ2v) is 4.90. The van der Waals surface area contributed by atoms with Gasteiger partial charge in [0.1, 0.15) is 17.7 Å². The Kier molecular flexibility index (Phi) is 3.43. The molecule has 2 aromatic heterocycles. The van der Waals surface area contributed by atoms with Gasteiger partial charge >= 0.3 is 0 Å². The van der Waals surface area contributed by atoms with E-state index in [0.717, 1.165) is 11.5 Å². The fourth-order valence-corrected chi connectivity index (χ4v) is 2.31. The van der Waals surface area contributed by atoms with Crippen molar-refractivity contribution in [2.75, 3.05) is 5.32 Å². The molecular weight excluding hydrogens is 269 g/mol. The largest absolute Gasteiger partial charge is 0.369 e. The van der Waals surface area contributed by atoms with Crippen LogP contribution in [0.2, 0.25) is 0 Å². The molecule has 2 heterocycles. The molecule has 0 aliphatic heterocycles. The summed E-state index contributed by atoms with van der Waals surface area (Å²) in [5.74, 6) is 0.478. The van der Waals surface area contributed by atoms with Crippen molar-refractivity contribution >= 4 is 5.69 Å². The molecule has 0 aliphatic carbocycles. The molecule has 1 atom stereocenters. The second kappa shape index (κ2) is 5.40. The number of anilines is 1. The number of benzene rings is 1. The highest BCUT2D eigenvalue weighted by Gasteiger charge is 2.21. The van der Waals surface area contributed by atoms with Crippen molar-refractivity contribution in [2.45, 2.75) is 6.04 Å². The molecular formula is C15H16FN5. The third-order valence-corrected chi connectivity index (χ3v) is 3.35. The summed E-state index contributed by atoms with van der Waals surface area (Å²) in [6.07, 6.45) is 7.09. The fourth-order valence-electron chi connectivity index (χ4n) is 2.31. The maximum atomic E-state index is 14.2. The van der Waals surface area contributed by atoms with Gasteiger partial charge in [-0.3, -0.25) is 4.68 Å². The molecule has 0 radical (unpaired) electrons. The van der Waals surface area contributed by atoms with Gasteiger partial charge in [-0.15, -0.1) is 0 Å². The van der Waals surface area contributed by atoms with Crippen LogP contribution in [0.4, 0.5) is 10.1 Å². The van der Waals surface area contributed by atoms with Crippen LogP contribution in [0.15, 0.2) is 49.1 Å². The molecule has 0 bridgehead atoms. The molecule has 0 spiro atoms. The third kappa shape index (κ3) is 2.65. The Morgan fingerprint density at radius 3 is 2.67 bits per heavy atom. The number of aryl methyl sites for hydroxylation is 2. The summed E-state index contributed by atoms with van der Waals surface area (Å²) in [7, 11) is 3.73. The summed E-state index contributed by atoms with van der Waals surface area (Å²) in [5, 5.41) is 7.42. The van der Waals surface area contributed by atoms with Crippen LogP contribution in [0.3, 0.4) is 0 Å². The van der Waals surface area contributed by atoms with Crippen LogP contribution in [-0.4, -0.2) is 19.3 Å². The highest BCUT2D eigenvalue weighted by Crippen LogP contribution is 2.27. The Balaban J connectivity index is 2.03.